The van der Waals surface area contributed by atoms with Gasteiger partial charge in [0.15, 0.2) is 11.6 Å². The van der Waals surface area contributed by atoms with E-state index in [1.54, 1.807) is 36.4 Å². The number of anilines is 5. The van der Waals surface area contributed by atoms with Crippen LogP contribution in [-0.2, 0) is 4.79 Å². The Kier molecular flexibility index (Phi) is 5.31. The van der Waals surface area contributed by atoms with E-state index in [0.29, 0.717) is 17.1 Å². The van der Waals surface area contributed by atoms with Gasteiger partial charge in [-0.15, -0.1) is 0 Å². The molecule has 8 nitrogen and oxygen atoms in total. The number of carbonyl (C=O) groups is 1. The van der Waals surface area contributed by atoms with Crippen LogP contribution in [-0.4, -0.2) is 27.5 Å². The highest BCUT2D eigenvalue weighted by atomic mass is 19.1. The van der Waals surface area contributed by atoms with Crippen LogP contribution in [0.1, 0.15) is 0 Å². The molecule has 138 valence electrons. The third-order valence-electron chi connectivity index (χ3n) is 3.44. The molecule has 1 aromatic heterocycles. The van der Waals surface area contributed by atoms with E-state index in [-0.39, 0.29) is 24.1 Å². The van der Waals surface area contributed by atoms with Crippen LogP contribution in [0.2, 0.25) is 0 Å². The summed E-state index contributed by atoms with van der Waals surface area (Å²) in [6.07, 6.45) is 1.04. The maximum absolute atomic E-state index is 14.0. The topological polar surface area (TPSA) is 125 Å². The van der Waals surface area contributed by atoms with Crippen molar-refractivity contribution in [1.82, 2.24) is 9.97 Å². The van der Waals surface area contributed by atoms with E-state index in [0.717, 1.165) is 6.20 Å². The molecule has 0 aliphatic carbocycles. The average molecular weight is 368 g/mol. The second kappa shape index (κ2) is 8.00. The first-order valence-corrected chi connectivity index (χ1v) is 7.97. The van der Waals surface area contributed by atoms with Crippen LogP contribution in [0, 0.1) is 5.82 Å². The molecule has 0 saturated carbocycles. The number of phenolic OH excluding ortho intramolecular Hbond substituents is 1. The van der Waals surface area contributed by atoms with Crippen molar-refractivity contribution in [1.29, 1.82) is 0 Å². The fourth-order valence-corrected chi connectivity index (χ4v) is 2.26. The summed E-state index contributed by atoms with van der Waals surface area (Å²) in [5.41, 5.74) is 6.91. The SMILES string of the molecule is NC(=O)CNc1cccc(Nc2ncc(F)c(Nc3cccc(O)c3)n2)c1. The molecule has 3 rings (SSSR count). The van der Waals surface area contributed by atoms with Gasteiger partial charge in [-0.2, -0.15) is 4.98 Å². The number of hydrogen-bond donors (Lipinski definition) is 5. The van der Waals surface area contributed by atoms with Gasteiger partial charge in [0.05, 0.1) is 12.7 Å². The van der Waals surface area contributed by atoms with Gasteiger partial charge >= 0.3 is 0 Å². The van der Waals surface area contributed by atoms with Crippen LogP contribution < -0.4 is 21.7 Å². The van der Waals surface area contributed by atoms with E-state index in [1.165, 1.54) is 12.1 Å². The molecule has 0 spiro atoms. The number of aromatic hydroxyl groups is 1. The highest BCUT2D eigenvalue weighted by Crippen LogP contribution is 2.23. The Morgan fingerprint density at radius 3 is 2.52 bits per heavy atom. The van der Waals surface area contributed by atoms with Crippen molar-refractivity contribution in [3.8, 4) is 5.75 Å². The molecule has 6 N–H and O–H groups in total. The van der Waals surface area contributed by atoms with Gasteiger partial charge in [-0.1, -0.05) is 12.1 Å². The zero-order valence-electron chi connectivity index (χ0n) is 14.1. The van der Waals surface area contributed by atoms with Crippen LogP contribution in [0.15, 0.2) is 54.7 Å². The Labute approximate surface area is 154 Å². The number of carbonyl (C=O) groups excluding carboxylic acids is 1. The maximum Gasteiger partial charge on any atom is 0.236 e. The predicted octanol–water partition coefficient (Wildman–Crippen LogP) is 2.71. The number of nitrogens with one attached hydrogen (secondary N) is 3. The van der Waals surface area contributed by atoms with E-state index in [4.69, 9.17) is 5.73 Å². The van der Waals surface area contributed by atoms with Gasteiger partial charge in [-0.25, -0.2) is 9.37 Å². The Bertz CT molecular complexity index is 966. The average Bonchev–Trinajstić information content (AvgIpc) is 2.63. The summed E-state index contributed by atoms with van der Waals surface area (Å²) in [6, 6.07) is 13.3. The largest absolute Gasteiger partial charge is 0.508 e. The van der Waals surface area contributed by atoms with Crippen molar-refractivity contribution >= 4 is 34.7 Å². The highest BCUT2D eigenvalue weighted by Gasteiger charge is 2.08. The summed E-state index contributed by atoms with van der Waals surface area (Å²) in [6.45, 7) is 0.00842. The first-order chi connectivity index (χ1) is 13.0. The minimum atomic E-state index is -0.638. The lowest BCUT2D eigenvalue weighted by Crippen LogP contribution is -2.21. The van der Waals surface area contributed by atoms with Gasteiger partial charge in [-0.3, -0.25) is 4.79 Å². The van der Waals surface area contributed by atoms with Crippen LogP contribution in [0.3, 0.4) is 0 Å². The van der Waals surface area contributed by atoms with E-state index in [2.05, 4.69) is 25.9 Å². The van der Waals surface area contributed by atoms with Gasteiger partial charge in [-0.05, 0) is 30.3 Å². The zero-order chi connectivity index (χ0) is 19.2. The molecule has 2 aromatic carbocycles. The minimum Gasteiger partial charge on any atom is -0.508 e. The lowest BCUT2D eigenvalue weighted by molar-refractivity contribution is -0.116. The molecule has 0 aliphatic heterocycles. The first kappa shape index (κ1) is 17.9. The summed E-state index contributed by atoms with van der Waals surface area (Å²) >= 11 is 0. The van der Waals surface area contributed by atoms with Crippen LogP contribution in [0.4, 0.5) is 33.2 Å². The third-order valence-corrected chi connectivity index (χ3v) is 3.44. The fourth-order valence-electron chi connectivity index (χ4n) is 2.26. The Morgan fingerprint density at radius 1 is 1.07 bits per heavy atom. The molecule has 3 aromatic rings. The third kappa shape index (κ3) is 5.05. The number of nitrogens with two attached hydrogens (primary N) is 1. The fraction of sp³-hybridized carbons (Fsp3) is 0.0556. The summed E-state index contributed by atoms with van der Waals surface area (Å²) in [4.78, 5) is 18.9. The van der Waals surface area contributed by atoms with E-state index < -0.39 is 11.7 Å². The predicted molar refractivity (Wildman–Crippen MR) is 101 cm³/mol. The number of nitrogens with zero attached hydrogens (tertiary/aromatic N) is 2. The number of phenols is 1. The second-order valence-corrected chi connectivity index (χ2v) is 5.59. The number of amides is 1. The van der Waals surface area contributed by atoms with Gasteiger partial charge in [0.2, 0.25) is 11.9 Å². The summed E-state index contributed by atoms with van der Waals surface area (Å²) in [5, 5.41) is 18.1. The molecule has 0 bridgehead atoms. The van der Waals surface area contributed by atoms with Gasteiger partial charge in [0.1, 0.15) is 5.75 Å². The summed E-state index contributed by atoms with van der Waals surface area (Å²) in [7, 11) is 0. The van der Waals surface area contributed by atoms with Crippen LogP contribution in [0.25, 0.3) is 0 Å². The number of aromatic nitrogens is 2. The molecule has 0 atom stereocenters. The molecule has 0 radical (unpaired) electrons. The summed E-state index contributed by atoms with van der Waals surface area (Å²) < 4.78 is 14.0. The molecular formula is C18H17FN6O2. The molecular weight excluding hydrogens is 351 g/mol. The lowest BCUT2D eigenvalue weighted by Gasteiger charge is -2.11. The van der Waals surface area contributed by atoms with Gasteiger partial charge < -0.3 is 26.8 Å². The van der Waals surface area contributed by atoms with Gasteiger partial charge in [0, 0.05) is 23.1 Å². The molecule has 0 aliphatic rings. The molecule has 9 heteroatoms. The smallest absolute Gasteiger partial charge is 0.236 e. The molecule has 27 heavy (non-hydrogen) atoms. The van der Waals surface area contributed by atoms with Crippen LogP contribution in [0.5, 0.6) is 5.75 Å². The number of rotatable bonds is 7. The van der Waals surface area contributed by atoms with E-state index in [1.807, 2.05) is 0 Å². The quantitative estimate of drug-likeness (QED) is 0.434. The Morgan fingerprint density at radius 2 is 1.78 bits per heavy atom. The van der Waals surface area contributed by atoms with Crippen LogP contribution >= 0.6 is 0 Å². The van der Waals surface area contributed by atoms with E-state index in [9.17, 15) is 14.3 Å². The van der Waals surface area contributed by atoms with Gasteiger partial charge in [0.25, 0.3) is 0 Å². The van der Waals surface area contributed by atoms with E-state index >= 15 is 0 Å². The number of hydrogen-bond acceptors (Lipinski definition) is 7. The first-order valence-electron chi connectivity index (χ1n) is 7.97. The highest BCUT2D eigenvalue weighted by molar-refractivity contribution is 5.79. The summed E-state index contributed by atoms with van der Waals surface area (Å²) in [5.74, 6) is -0.932. The maximum atomic E-state index is 14.0. The molecule has 0 unspecified atom stereocenters. The van der Waals surface area contributed by atoms with Crippen molar-refractivity contribution in [2.45, 2.75) is 0 Å². The number of primary amides is 1. The molecule has 0 fully saturated rings. The number of halogens is 1. The molecule has 1 heterocycles. The van der Waals surface area contributed by atoms with Crippen molar-refractivity contribution in [2.75, 3.05) is 22.5 Å². The Balaban J connectivity index is 1.76. The molecule has 0 saturated heterocycles. The van der Waals surface area contributed by atoms with Crippen molar-refractivity contribution < 1.29 is 14.3 Å². The zero-order valence-corrected chi connectivity index (χ0v) is 14.1. The van der Waals surface area contributed by atoms with Crippen molar-refractivity contribution in [3.63, 3.8) is 0 Å². The molecule has 1 amide bonds. The standard InChI is InChI=1S/C18H17FN6O2/c19-15-9-22-18(25-17(15)23-13-5-2-6-14(26)8-13)24-12-4-1-3-11(7-12)21-10-16(20)27/h1-9,21,26H,10H2,(H2,20,27)(H2,22,23,24,25). The Hall–Kier alpha value is -3.88. The monoisotopic (exact) mass is 368 g/mol. The second-order valence-electron chi connectivity index (χ2n) is 5.59. The minimum absolute atomic E-state index is 0.00842. The normalized spacial score (nSPS) is 10.3. The lowest BCUT2D eigenvalue weighted by atomic mass is 10.2. The van der Waals surface area contributed by atoms with Crippen molar-refractivity contribution in [3.05, 3.63) is 60.5 Å². The van der Waals surface area contributed by atoms with Crippen molar-refractivity contribution in [2.24, 2.45) is 5.73 Å². The number of benzene rings is 2.